The summed E-state index contributed by atoms with van der Waals surface area (Å²) in [6, 6.07) is 6.54. The lowest BCUT2D eigenvalue weighted by molar-refractivity contribution is -0.192. The van der Waals surface area contributed by atoms with Crippen molar-refractivity contribution in [2.24, 2.45) is 17.8 Å². The van der Waals surface area contributed by atoms with Crippen LogP contribution in [0, 0.1) is 23.6 Å². The minimum absolute atomic E-state index is 0.118. The van der Waals surface area contributed by atoms with Gasteiger partial charge in [0.15, 0.2) is 0 Å². The van der Waals surface area contributed by atoms with E-state index >= 15 is 0 Å². The molecule has 0 radical (unpaired) electrons. The molecule has 25 heavy (non-hydrogen) atoms. The summed E-state index contributed by atoms with van der Waals surface area (Å²) >= 11 is 0. The molecule has 134 valence electrons. The molecular weight excluding hydrogens is 319 g/mol. The monoisotopic (exact) mass is 344 g/mol. The Kier molecular flexibility index (Phi) is 3.99. The van der Waals surface area contributed by atoms with E-state index in [1.165, 1.54) is 12.1 Å². The lowest BCUT2D eigenvalue weighted by Gasteiger charge is -2.65. The number of aliphatic carboxylic acids is 1. The normalized spacial score (nSPS) is 38.7. The number of ether oxygens (including phenoxy) is 1. The van der Waals surface area contributed by atoms with Crippen molar-refractivity contribution < 1.29 is 19.0 Å². The molecule has 5 rings (SSSR count). The molecule has 1 aromatic carbocycles. The highest BCUT2D eigenvalue weighted by molar-refractivity contribution is 5.69. The molecule has 4 aliphatic rings. The zero-order chi connectivity index (χ0) is 17.7. The van der Waals surface area contributed by atoms with Gasteiger partial charge < -0.3 is 9.84 Å². The van der Waals surface area contributed by atoms with E-state index in [1.54, 1.807) is 18.2 Å². The van der Waals surface area contributed by atoms with Crippen LogP contribution in [-0.4, -0.2) is 23.3 Å². The number of hydrogen-bond acceptors (Lipinski definition) is 2. The molecule has 0 saturated heterocycles. The van der Waals surface area contributed by atoms with Crippen LogP contribution in [0.1, 0.15) is 44.1 Å². The number of benzene rings is 1. The van der Waals surface area contributed by atoms with Crippen molar-refractivity contribution >= 4 is 5.97 Å². The van der Waals surface area contributed by atoms with Crippen LogP contribution in [0.4, 0.5) is 4.39 Å². The van der Waals surface area contributed by atoms with E-state index in [2.05, 4.69) is 6.58 Å². The number of halogens is 1. The van der Waals surface area contributed by atoms with E-state index in [-0.39, 0.29) is 29.7 Å². The van der Waals surface area contributed by atoms with Gasteiger partial charge in [0.25, 0.3) is 0 Å². The Hall–Kier alpha value is -1.68. The maximum atomic E-state index is 13.5. The molecule has 4 fully saturated rings. The molecule has 1 aromatic rings. The Bertz CT molecular complexity index is 665. The summed E-state index contributed by atoms with van der Waals surface area (Å²) in [5.41, 5.74) is 0.480. The van der Waals surface area contributed by atoms with Gasteiger partial charge in [0.1, 0.15) is 5.82 Å². The molecular formula is C21H25FO3. The summed E-state index contributed by atoms with van der Waals surface area (Å²) in [5, 5.41) is 9.67. The van der Waals surface area contributed by atoms with Gasteiger partial charge in [-0.1, -0.05) is 18.2 Å². The quantitative estimate of drug-likeness (QED) is 0.782. The summed E-state index contributed by atoms with van der Waals surface area (Å²) in [5.74, 6) is 0.140. The second-order valence-electron chi connectivity index (χ2n) is 8.24. The number of carboxylic acids is 1. The molecule has 3 nitrogen and oxygen atoms in total. The van der Waals surface area contributed by atoms with Crippen LogP contribution in [0.3, 0.4) is 0 Å². The lowest BCUT2D eigenvalue weighted by Crippen LogP contribution is -2.63. The van der Waals surface area contributed by atoms with Gasteiger partial charge in [0, 0.05) is 5.41 Å². The fraction of sp³-hybridized carbons (Fsp3) is 0.571. The fourth-order valence-corrected chi connectivity index (χ4v) is 6.31. The van der Waals surface area contributed by atoms with Gasteiger partial charge >= 0.3 is 5.97 Å². The summed E-state index contributed by atoms with van der Waals surface area (Å²) < 4.78 is 19.7. The van der Waals surface area contributed by atoms with E-state index < -0.39 is 11.4 Å². The lowest BCUT2D eigenvalue weighted by atomic mass is 9.41. The molecule has 4 heteroatoms. The Morgan fingerprint density at radius 1 is 1.24 bits per heavy atom. The summed E-state index contributed by atoms with van der Waals surface area (Å²) in [7, 11) is 0. The van der Waals surface area contributed by atoms with Crippen LogP contribution in [-0.2, 0) is 14.9 Å². The number of hydrogen-bond donors (Lipinski definition) is 1. The molecule has 4 bridgehead atoms. The van der Waals surface area contributed by atoms with Crippen molar-refractivity contribution in [3.8, 4) is 0 Å². The highest BCUT2D eigenvalue weighted by Gasteiger charge is 2.63. The van der Waals surface area contributed by atoms with Gasteiger partial charge in [0.05, 0.1) is 18.6 Å². The molecule has 4 aliphatic carbocycles. The maximum absolute atomic E-state index is 13.5. The third-order valence-electron chi connectivity index (χ3n) is 6.92. The van der Waals surface area contributed by atoms with Crippen molar-refractivity contribution in [2.45, 2.75) is 49.5 Å². The van der Waals surface area contributed by atoms with Gasteiger partial charge in [-0.2, -0.15) is 0 Å². The summed E-state index contributed by atoms with van der Waals surface area (Å²) in [4.78, 5) is 11.8. The van der Waals surface area contributed by atoms with Crippen LogP contribution in [0.25, 0.3) is 0 Å². The van der Waals surface area contributed by atoms with Crippen LogP contribution in [0.15, 0.2) is 36.9 Å². The zero-order valence-corrected chi connectivity index (χ0v) is 14.4. The summed E-state index contributed by atoms with van der Waals surface area (Å²) in [6.45, 7) is 4.31. The molecule has 4 saturated carbocycles. The first-order chi connectivity index (χ1) is 12.0. The minimum Gasteiger partial charge on any atom is -0.481 e. The van der Waals surface area contributed by atoms with Gasteiger partial charge in [-0.05, 0) is 67.6 Å². The molecule has 2 atom stereocenters. The van der Waals surface area contributed by atoms with Gasteiger partial charge in [0.2, 0.25) is 0 Å². The largest absolute Gasteiger partial charge is 0.481 e. The average Bonchev–Trinajstić information content (AvgIpc) is 2.56. The van der Waals surface area contributed by atoms with Crippen LogP contribution >= 0.6 is 0 Å². The second-order valence-corrected chi connectivity index (χ2v) is 8.24. The Labute approximate surface area is 147 Å². The summed E-state index contributed by atoms with van der Waals surface area (Å²) in [6.07, 6.45) is 6.92. The topological polar surface area (TPSA) is 46.5 Å². The second kappa shape index (κ2) is 5.94. The van der Waals surface area contributed by atoms with Crippen molar-refractivity contribution in [3.05, 3.63) is 48.3 Å². The predicted octanol–water partition coefficient (Wildman–Crippen LogP) is 4.32. The van der Waals surface area contributed by atoms with Crippen molar-refractivity contribution in [1.82, 2.24) is 0 Å². The first-order valence-corrected chi connectivity index (χ1v) is 9.20. The Morgan fingerprint density at radius 2 is 1.88 bits per heavy atom. The predicted molar refractivity (Wildman–Crippen MR) is 92.8 cm³/mol. The first-order valence-electron chi connectivity index (χ1n) is 9.20. The van der Waals surface area contributed by atoms with Crippen molar-refractivity contribution in [3.63, 3.8) is 0 Å². The molecule has 1 N–H and O–H groups in total. The zero-order valence-electron chi connectivity index (χ0n) is 14.4. The third-order valence-corrected chi connectivity index (χ3v) is 6.92. The number of rotatable bonds is 6. The van der Waals surface area contributed by atoms with Gasteiger partial charge in [-0.25, -0.2) is 4.39 Å². The van der Waals surface area contributed by atoms with Crippen molar-refractivity contribution in [1.29, 1.82) is 0 Å². The van der Waals surface area contributed by atoms with Crippen molar-refractivity contribution in [2.75, 3.05) is 6.61 Å². The third kappa shape index (κ3) is 2.62. The van der Waals surface area contributed by atoms with Crippen LogP contribution in [0.5, 0.6) is 0 Å². The van der Waals surface area contributed by atoms with E-state index in [1.807, 2.05) is 0 Å². The SMILES string of the molecule is C=CCO[C@]12CC3CC(C1)[C@](CC(=O)O)(c1ccc(F)cc1)C(C3)C2. The number of carboxylic acid groups (broad SMARTS) is 1. The molecule has 0 amide bonds. The Morgan fingerprint density at radius 3 is 2.44 bits per heavy atom. The number of carbonyl (C=O) groups is 1. The van der Waals surface area contributed by atoms with Crippen LogP contribution < -0.4 is 0 Å². The van der Waals surface area contributed by atoms with Gasteiger partial charge in [-0.15, -0.1) is 6.58 Å². The fourth-order valence-electron chi connectivity index (χ4n) is 6.31. The Balaban J connectivity index is 1.75. The average molecular weight is 344 g/mol. The van der Waals surface area contributed by atoms with E-state index in [9.17, 15) is 14.3 Å². The highest BCUT2D eigenvalue weighted by atomic mass is 19.1. The molecule has 0 aliphatic heterocycles. The first kappa shape index (κ1) is 16.8. The highest BCUT2D eigenvalue weighted by Crippen LogP contribution is 2.66. The van der Waals surface area contributed by atoms with E-state index in [0.29, 0.717) is 12.5 Å². The van der Waals surface area contributed by atoms with Crippen LogP contribution in [0.2, 0.25) is 0 Å². The minimum atomic E-state index is -0.766. The molecule has 0 spiro atoms. The maximum Gasteiger partial charge on any atom is 0.304 e. The smallest absolute Gasteiger partial charge is 0.304 e. The van der Waals surface area contributed by atoms with E-state index in [0.717, 1.165) is 37.7 Å². The van der Waals surface area contributed by atoms with Gasteiger partial charge in [-0.3, -0.25) is 4.79 Å². The molecule has 0 heterocycles. The standard InChI is InChI=1S/C21H25FO3/c1-2-7-25-20-10-14-8-16(11-20)21(13-19(23)24,17(9-14)12-20)15-3-5-18(22)6-4-15/h2-6,14,16-17H,1,7-13H2,(H,23,24)/t14?,16?,17?,20-,21+. The molecule has 0 aromatic heterocycles. The molecule has 2 unspecified atom stereocenters. The van der Waals surface area contributed by atoms with E-state index in [4.69, 9.17) is 4.74 Å².